The maximum absolute atomic E-state index is 9.80. The third kappa shape index (κ3) is 5.61. The molecule has 0 fully saturated rings. The maximum Gasteiger partial charge on any atom is 0.391 e. The molecule has 0 saturated carbocycles. The van der Waals surface area contributed by atoms with Gasteiger partial charge in [0, 0.05) is 26.7 Å². The largest absolute Gasteiger partial charge is 0.426 e. The molecule has 34 heavy (non-hydrogen) atoms. The van der Waals surface area contributed by atoms with E-state index in [1.165, 1.54) is 0 Å². The normalized spacial score (nSPS) is 12.4. The Kier molecular flexibility index (Phi) is 7.78. The second kappa shape index (κ2) is 9.80. The molecule has 182 valence electrons. The summed E-state index contributed by atoms with van der Waals surface area (Å²) in [6.07, 6.45) is 0. The Bertz CT molecular complexity index is 1220. The van der Waals surface area contributed by atoms with Crippen molar-refractivity contribution < 1.29 is 14.3 Å². The minimum absolute atomic E-state index is 0.191. The molecule has 2 N–H and O–H groups in total. The Morgan fingerprint density at radius 3 is 1.65 bits per heavy atom. The van der Waals surface area contributed by atoms with E-state index in [-0.39, 0.29) is 10.8 Å². The van der Waals surface area contributed by atoms with Crippen LogP contribution in [0.25, 0.3) is 22.3 Å². The van der Waals surface area contributed by atoms with Gasteiger partial charge in [-0.1, -0.05) is 89.0 Å². The van der Waals surface area contributed by atoms with Crippen LogP contribution in [0.15, 0.2) is 42.5 Å². The molecule has 0 amide bonds. The summed E-state index contributed by atoms with van der Waals surface area (Å²) in [5.74, 6) is 0.348. The first-order chi connectivity index (χ1) is 15.6. The Morgan fingerprint density at radius 2 is 1.18 bits per heavy atom. The van der Waals surface area contributed by atoms with E-state index >= 15 is 0 Å². The van der Waals surface area contributed by atoms with Crippen LogP contribution in [0.3, 0.4) is 0 Å². The van der Waals surface area contributed by atoms with Gasteiger partial charge in [0.25, 0.3) is 0 Å². The van der Waals surface area contributed by atoms with E-state index in [0.717, 1.165) is 38.9 Å². The van der Waals surface area contributed by atoms with Gasteiger partial charge < -0.3 is 14.3 Å². The lowest BCUT2D eigenvalue weighted by molar-refractivity contribution is 0.375. The first-order valence-corrected chi connectivity index (χ1v) is 13.1. The molecule has 0 unspecified atom stereocenters. The summed E-state index contributed by atoms with van der Waals surface area (Å²) < 4.78 is 5.58. The van der Waals surface area contributed by atoms with E-state index < -0.39 is 8.60 Å². The van der Waals surface area contributed by atoms with E-state index in [1.54, 1.807) is 6.07 Å². The van der Waals surface area contributed by atoms with Crippen LogP contribution in [-0.2, 0) is 10.8 Å². The lowest BCUT2D eigenvalue weighted by atomic mass is 9.76. The average Bonchev–Trinajstić information content (AvgIpc) is 2.65. The number of hydrogen-bond acceptors (Lipinski definition) is 3. The van der Waals surface area contributed by atoms with Crippen molar-refractivity contribution in [1.82, 2.24) is 0 Å². The molecule has 3 aromatic carbocycles. The Balaban J connectivity index is 2.56. The molecular weight excluding hydrogens is 486 g/mol. The van der Waals surface area contributed by atoms with E-state index in [1.807, 2.05) is 38.1 Å². The molecule has 0 aliphatic heterocycles. The van der Waals surface area contributed by atoms with Crippen LogP contribution in [0, 0.1) is 13.8 Å². The van der Waals surface area contributed by atoms with Crippen molar-refractivity contribution in [2.75, 3.05) is 0 Å². The Labute approximate surface area is 214 Å². The number of halogens is 2. The van der Waals surface area contributed by atoms with Gasteiger partial charge >= 0.3 is 8.60 Å². The standard InChI is InChI=1S/C28H33Cl2O3P/c1-16-12-19(27(3,4)5)24(21(29)14-16)18-10-9-11-23(33-34(31)32)25(18)26-20(28(6,7)8)13-17(2)15-22(26)30/h9-15,31-32H,1-8H3. The molecule has 0 atom stereocenters. The number of aryl methyl sites for hydroxylation is 2. The molecule has 3 aromatic rings. The van der Waals surface area contributed by atoms with Gasteiger partial charge in [-0.3, -0.25) is 0 Å². The molecule has 3 rings (SSSR count). The topological polar surface area (TPSA) is 49.7 Å². The molecule has 0 aromatic heterocycles. The van der Waals surface area contributed by atoms with Crippen LogP contribution in [0.1, 0.15) is 63.8 Å². The van der Waals surface area contributed by atoms with Crippen molar-refractivity contribution in [2.24, 2.45) is 0 Å². The molecule has 3 nitrogen and oxygen atoms in total. The van der Waals surface area contributed by atoms with Crippen molar-refractivity contribution in [3.63, 3.8) is 0 Å². The number of rotatable bonds is 4. The number of hydrogen-bond donors (Lipinski definition) is 2. The smallest absolute Gasteiger partial charge is 0.391 e. The van der Waals surface area contributed by atoms with Gasteiger partial charge in [0.05, 0.1) is 0 Å². The Morgan fingerprint density at radius 1 is 0.706 bits per heavy atom. The highest BCUT2D eigenvalue weighted by atomic mass is 35.5. The third-order valence-corrected chi connectivity index (χ3v) is 6.77. The van der Waals surface area contributed by atoms with Crippen LogP contribution in [0.5, 0.6) is 5.75 Å². The summed E-state index contributed by atoms with van der Waals surface area (Å²) in [4.78, 5) is 19.6. The zero-order valence-electron chi connectivity index (χ0n) is 21.0. The van der Waals surface area contributed by atoms with Crippen LogP contribution in [-0.4, -0.2) is 9.79 Å². The average molecular weight is 519 g/mol. The fourth-order valence-electron chi connectivity index (χ4n) is 4.36. The van der Waals surface area contributed by atoms with Gasteiger partial charge in [0.2, 0.25) is 0 Å². The van der Waals surface area contributed by atoms with E-state index in [2.05, 4.69) is 53.7 Å². The molecule has 0 bridgehead atoms. The van der Waals surface area contributed by atoms with Crippen LogP contribution in [0.4, 0.5) is 0 Å². The monoisotopic (exact) mass is 518 g/mol. The van der Waals surface area contributed by atoms with Gasteiger partial charge in [-0.15, -0.1) is 0 Å². The minimum Gasteiger partial charge on any atom is -0.426 e. The molecule has 0 aliphatic rings. The molecular formula is C28H33Cl2O3P. The zero-order chi connectivity index (χ0) is 25.6. The molecule has 6 heteroatoms. The van der Waals surface area contributed by atoms with Crippen LogP contribution >= 0.6 is 31.8 Å². The lowest BCUT2D eigenvalue weighted by Crippen LogP contribution is -2.15. The number of benzene rings is 3. The van der Waals surface area contributed by atoms with E-state index in [4.69, 9.17) is 27.7 Å². The molecule has 0 radical (unpaired) electrons. The van der Waals surface area contributed by atoms with E-state index in [9.17, 15) is 9.79 Å². The molecule has 0 spiro atoms. The van der Waals surface area contributed by atoms with Crippen molar-refractivity contribution in [3.8, 4) is 28.0 Å². The summed E-state index contributed by atoms with van der Waals surface area (Å²) in [6, 6.07) is 13.7. The quantitative estimate of drug-likeness (QED) is 0.338. The van der Waals surface area contributed by atoms with Crippen molar-refractivity contribution in [1.29, 1.82) is 0 Å². The van der Waals surface area contributed by atoms with Crippen molar-refractivity contribution in [3.05, 3.63) is 74.8 Å². The van der Waals surface area contributed by atoms with Gasteiger partial charge in [-0.2, -0.15) is 0 Å². The summed E-state index contributed by atoms with van der Waals surface area (Å²) in [5, 5.41) is 1.20. The SMILES string of the molecule is Cc1cc(Cl)c(-c2cccc(OP(O)O)c2-c2c(Cl)cc(C)cc2C(C)(C)C)c(C(C)(C)C)c1. The summed E-state index contributed by atoms with van der Waals surface area (Å²) in [6.45, 7) is 16.9. The highest BCUT2D eigenvalue weighted by molar-refractivity contribution is 7.39. The third-order valence-electron chi connectivity index (χ3n) is 5.81. The molecule has 0 heterocycles. The van der Waals surface area contributed by atoms with Gasteiger partial charge in [-0.25, -0.2) is 0 Å². The zero-order valence-corrected chi connectivity index (χ0v) is 23.5. The predicted octanol–water partition coefficient (Wildman–Crippen LogP) is 9.13. The minimum atomic E-state index is -2.64. The van der Waals surface area contributed by atoms with Crippen LogP contribution < -0.4 is 4.52 Å². The molecule has 0 aliphatic carbocycles. The maximum atomic E-state index is 9.80. The summed E-state index contributed by atoms with van der Waals surface area (Å²) in [7, 11) is -2.64. The van der Waals surface area contributed by atoms with Crippen LogP contribution in [0.2, 0.25) is 10.0 Å². The van der Waals surface area contributed by atoms with Crippen molar-refractivity contribution >= 4 is 31.8 Å². The lowest BCUT2D eigenvalue weighted by Gasteiger charge is -2.29. The summed E-state index contributed by atoms with van der Waals surface area (Å²) >= 11 is 13.8. The Hall–Kier alpha value is -1.61. The second-order valence-electron chi connectivity index (χ2n) is 10.9. The summed E-state index contributed by atoms with van der Waals surface area (Å²) in [5.41, 5.74) is 7.05. The van der Waals surface area contributed by atoms with Gasteiger partial charge in [-0.05, 0) is 70.7 Å². The predicted molar refractivity (Wildman–Crippen MR) is 146 cm³/mol. The fraction of sp³-hybridized carbons (Fsp3) is 0.357. The van der Waals surface area contributed by atoms with Gasteiger partial charge in [0.15, 0.2) is 0 Å². The fourth-order valence-corrected chi connectivity index (χ4v) is 5.43. The van der Waals surface area contributed by atoms with Crippen molar-refractivity contribution in [2.45, 2.75) is 66.2 Å². The highest BCUT2D eigenvalue weighted by Crippen LogP contribution is 2.51. The van der Waals surface area contributed by atoms with E-state index in [0.29, 0.717) is 21.4 Å². The first-order valence-electron chi connectivity index (χ1n) is 11.2. The molecule has 0 saturated heterocycles. The first kappa shape index (κ1) is 27.0. The second-order valence-corrected chi connectivity index (χ2v) is 12.4. The highest BCUT2D eigenvalue weighted by Gasteiger charge is 2.29. The van der Waals surface area contributed by atoms with Gasteiger partial charge in [0.1, 0.15) is 5.75 Å².